The van der Waals surface area contributed by atoms with Crippen molar-refractivity contribution in [2.45, 2.75) is 19.4 Å². The number of nitrogens with two attached hydrogens (primary N) is 1. The predicted molar refractivity (Wildman–Crippen MR) is 72.4 cm³/mol. The summed E-state index contributed by atoms with van der Waals surface area (Å²) in [5.41, 5.74) is 6.41. The van der Waals surface area contributed by atoms with Crippen molar-refractivity contribution in [3.05, 3.63) is 42.3 Å². The van der Waals surface area contributed by atoms with Crippen molar-refractivity contribution in [1.82, 2.24) is 10.3 Å². The van der Waals surface area contributed by atoms with Gasteiger partial charge < -0.3 is 15.5 Å². The van der Waals surface area contributed by atoms with Crippen LogP contribution in [0.15, 0.2) is 41.0 Å². The van der Waals surface area contributed by atoms with Gasteiger partial charge in [0.15, 0.2) is 0 Å². The molecule has 3 N–H and O–H groups in total. The Morgan fingerprint density at radius 2 is 2.05 bits per heavy atom. The average Bonchev–Trinajstić information content (AvgIpc) is 2.88. The summed E-state index contributed by atoms with van der Waals surface area (Å²) in [7, 11) is 0. The first-order valence-electron chi connectivity index (χ1n) is 6.15. The highest BCUT2D eigenvalue weighted by atomic mass is 16.3. The lowest BCUT2D eigenvalue weighted by atomic mass is 10.2. The molecule has 0 bridgehead atoms. The quantitative estimate of drug-likeness (QED) is 0.844. The van der Waals surface area contributed by atoms with E-state index in [0.717, 1.165) is 5.56 Å². The standard InChI is InChI=1S/C14H15N3O3/c1-9(13(15)19)16-12(18)7-11-8-20-14(17-11)10-5-3-2-4-6-10/h2-6,8-9H,7H2,1H3,(H2,15,19)(H,16,18)/t9-/m0/s1. The van der Waals surface area contributed by atoms with Crippen LogP contribution in [-0.4, -0.2) is 22.8 Å². The maximum atomic E-state index is 11.7. The lowest BCUT2D eigenvalue weighted by Gasteiger charge is -2.08. The summed E-state index contributed by atoms with van der Waals surface area (Å²) < 4.78 is 5.32. The van der Waals surface area contributed by atoms with Crippen LogP contribution < -0.4 is 11.1 Å². The Morgan fingerprint density at radius 3 is 2.70 bits per heavy atom. The van der Waals surface area contributed by atoms with Crippen LogP contribution in [0.4, 0.5) is 0 Å². The molecule has 1 atom stereocenters. The lowest BCUT2D eigenvalue weighted by molar-refractivity contribution is -0.126. The van der Waals surface area contributed by atoms with Gasteiger partial charge in [0.2, 0.25) is 17.7 Å². The lowest BCUT2D eigenvalue weighted by Crippen LogP contribution is -2.42. The number of hydrogen-bond donors (Lipinski definition) is 2. The van der Waals surface area contributed by atoms with E-state index in [1.807, 2.05) is 30.3 Å². The van der Waals surface area contributed by atoms with E-state index in [1.54, 1.807) is 0 Å². The first kappa shape index (κ1) is 13.8. The molecule has 20 heavy (non-hydrogen) atoms. The van der Waals surface area contributed by atoms with Gasteiger partial charge in [0, 0.05) is 5.56 Å². The molecule has 1 aromatic carbocycles. The molecule has 2 rings (SSSR count). The zero-order chi connectivity index (χ0) is 14.5. The van der Waals surface area contributed by atoms with Crippen molar-refractivity contribution in [3.63, 3.8) is 0 Å². The number of rotatable bonds is 5. The fourth-order valence-electron chi connectivity index (χ4n) is 1.63. The molecular weight excluding hydrogens is 258 g/mol. The zero-order valence-electron chi connectivity index (χ0n) is 11.0. The van der Waals surface area contributed by atoms with E-state index in [4.69, 9.17) is 10.2 Å². The van der Waals surface area contributed by atoms with Gasteiger partial charge in [0.1, 0.15) is 12.3 Å². The third kappa shape index (κ3) is 3.44. The van der Waals surface area contributed by atoms with Gasteiger partial charge in [-0.15, -0.1) is 0 Å². The Hall–Kier alpha value is -2.63. The summed E-state index contributed by atoms with van der Waals surface area (Å²) in [4.78, 5) is 26.8. The van der Waals surface area contributed by atoms with Gasteiger partial charge in [-0.25, -0.2) is 4.98 Å². The number of oxazole rings is 1. The summed E-state index contributed by atoms with van der Waals surface area (Å²) in [5.74, 6) is -0.455. The minimum Gasteiger partial charge on any atom is -0.444 e. The molecule has 0 aliphatic carbocycles. The van der Waals surface area contributed by atoms with Crippen molar-refractivity contribution >= 4 is 11.8 Å². The Balaban J connectivity index is 2.00. The number of nitrogens with zero attached hydrogens (tertiary/aromatic N) is 1. The van der Waals surface area contributed by atoms with Gasteiger partial charge in [0.05, 0.1) is 12.1 Å². The van der Waals surface area contributed by atoms with Crippen molar-refractivity contribution in [1.29, 1.82) is 0 Å². The van der Waals surface area contributed by atoms with E-state index in [2.05, 4.69) is 10.3 Å². The minimum absolute atomic E-state index is 0.0357. The van der Waals surface area contributed by atoms with Crippen molar-refractivity contribution in [2.75, 3.05) is 0 Å². The van der Waals surface area contributed by atoms with E-state index in [0.29, 0.717) is 11.6 Å². The average molecular weight is 273 g/mol. The van der Waals surface area contributed by atoms with Crippen LogP contribution in [0.5, 0.6) is 0 Å². The van der Waals surface area contributed by atoms with Crippen LogP contribution in [0.3, 0.4) is 0 Å². The van der Waals surface area contributed by atoms with Crippen molar-refractivity contribution in [3.8, 4) is 11.5 Å². The molecule has 1 aromatic heterocycles. The molecule has 6 heteroatoms. The molecule has 0 radical (unpaired) electrons. The van der Waals surface area contributed by atoms with Crippen LogP contribution in [0.2, 0.25) is 0 Å². The van der Waals surface area contributed by atoms with Crippen LogP contribution >= 0.6 is 0 Å². The maximum absolute atomic E-state index is 11.7. The molecule has 104 valence electrons. The Labute approximate surface area is 116 Å². The van der Waals surface area contributed by atoms with Crippen LogP contribution in [0.25, 0.3) is 11.5 Å². The second-order valence-electron chi connectivity index (χ2n) is 4.38. The minimum atomic E-state index is -0.706. The Morgan fingerprint density at radius 1 is 1.35 bits per heavy atom. The number of carbonyl (C=O) groups is 2. The van der Waals surface area contributed by atoms with E-state index in [1.165, 1.54) is 13.2 Å². The molecule has 2 amide bonds. The highest BCUT2D eigenvalue weighted by molar-refractivity contribution is 5.86. The van der Waals surface area contributed by atoms with Crippen LogP contribution in [0.1, 0.15) is 12.6 Å². The Kier molecular flexibility index (Phi) is 4.14. The van der Waals surface area contributed by atoms with E-state index in [-0.39, 0.29) is 12.3 Å². The summed E-state index contributed by atoms with van der Waals surface area (Å²) in [6.45, 7) is 1.53. The second-order valence-corrected chi connectivity index (χ2v) is 4.38. The zero-order valence-corrected chi connectivity index (χ0v) is 11.0. The van der Waals surface area contributed by atoms with E-state index in [9.17, 15) is 9.59 Å². The van der Waals surface area contributed by atoms with Gasteiger partial charge in [-0.1, -0.05) is 18.2 Å². The molecule has 0 fully saturated rings. The second kappa shape index (κ2) is 6.01. The number of nitrogens with one attached hydrogen (secondary N) is 1. The first-order valence-corrected chi connectivity index (χ1v) is 6.15. The van der Waals surface area contributed by atoms with Crippen molar-refractivity contribution < 1.29 is 14.0 Å². The third-order valence-electron chi connectivity index (χ3n) is 2.72. The molecule has 2 aromatic rings. The molecule has 0 aliphatic heterocycles. The topological polar surface area (TPSA) is 98.2 Å². The van der Waals surface area contributed by atoms with Gasteiger partial charge in [-0.3, -0.25) is 9.59 Å². The number of benzene rings is 1. The van der Waals surface area contributed by atoms with Gasteiger partial charge in [-0.05, 0) is 19.1 Å². The molecule has 0 saturated heterocycles. The highest BCUT2D eigenvalue weighted by Gasteiger charge is 2.14. The monoisotopic (exact) mass is 273 g/mol. The van der Waals surface area contributed by atoms with Gasteiger partial charge in [0.25, 0.3) is 0 Å². The van der Waals surface area contributed by atoms with Crippen LogP contribution in [-0.2, 0) is 16.0 Å². The molecule has 1 heterocycles. The molecule has 0 saturated carbocycles. The number of primary amides is 1. The smallest absolute Gasteiger partial charge is 0.239 e. The summed E-state index contributed by atoms with van der Waals surface area (Å²) >= 11 is 0. The number of amides is 2. The molecular formula is C14H15N3O3. The SMILES string of the molecule is C[C@H](NC(=O)Cc1coc(-c2ccccc2)n1)C(N)=O. The molecule has 6 nitrogen and oxygen atoms in total. The number of carbonyl (C=O) groups excluding carboxylic acids is 2. The summed E-state index contributed by atoms with van der Waals surface area (Å²) in [5, 5.41) is 2.48. The number of hydrogen-bond acceptors (Lipinski definition) is 4. The molecule has 0 unspecified atom stereocenters. The Bertz CT molecular complexity index is 607. The first-order chi connectivity index (χ1) is 9.56. The molecule has 0 aliphatic rings. The van der Waals surface area contributed by atoms with Crippen LogP contribution in [0, 0.1) is 0 Å². The molecule has 0 spiro atoms. The maximum Gasteiger partial charge on any atom is 0.239 e. The van der Waals surface area contributed by atoms with E-state index >= 15 is 0 Å². The third-order valence-corrected chi connectivity index (χ3v) is 2.72. The fraction of sp³-hybridized carbons (Fsp3) is 0.214. The van der Waals surface area contributed by atoms with Gasteiger partial charge >= 0.3 is 0 Å². The largest absolute Gasteiger partial charge is 0.444 e. The van der Waals surface area contributed by atoms with E-state index < -0.39 is 11.9 Å². The number of aromatic nitrogens is 1. The summed E-state index contributed by atoms with van der Waals surface area (Å²) in [6, 6.07) is 8.67. The normalized spacial score (nSPS) is 11.8. The highest BCUT2D eigenvalue weighted by Crippen LogP contribution is 2.17. The summed E-state index contributed by atoms with van der Waals surface area (Å²) in [6.07, 6.45) is 1.46. The van der Waals surface area contributed by atoms with Crippen molar-refractivity contribution in [2.24, 2.45) is 5.73 Å². The van der Waals surface area contributed by atoms with Gasteiger partial charge in [-0.2, -0.15) is 0 Å². The fourth-order valence-corrected chi connectivity index (χ4v) is 1.63. The predicted octanol–water partition coefficient (Wildman–Crippen LogP) is 0.874.